The topological polar surface area (TPSA) is 55.1 Å². The van der Waals surface area contributed by atoms with Crippen molar-refractivity contribution in [1.29, 1.82) is 0 Å². The summed E-state index contributed by atoms with van der Waals surface area (Å²) in [6.45, 7) is 3.47. The van der Waals surface area contributed by atoms with Crippen molar-refractivity contribution >= 4 is 5.78 Å². The minimum Gasteiger partial charge on any atom is -0.426 e. The Hall–Kier alpha value is -2.10. The van der Waals surface area contributed by atoms with E-state index in [0.717, 1.165) is 4.73 Å². The van der Waals surface area contributed by atoms with Crippen LogP contribution in [0.4, 0.5) is 0 Å². The summed E-state index contributed by atoms with van der Waals surface area (Å²) in [5.74, 6) is -0.222. The highest BCUT2D eigenvalue weighted by Crippen LogP contribution is 2.12. The summed E-state index contributed by atoms with van der Waals surface area (Å²) >= 11 is 0. The fourth-order valence-corrected chi connectivity index (χ4v) is 1.46. The first-order chi connectivity index (χ1) is 7.61. The molecule has 4 nitrogen and oxygen atoms in total. The number of hydrogen-bond acceptors (Lipinski definition) is 3. The molecule has 0 radical (unpaired) electrons. The molecule has 0 aliphatic carbocycles. The smallest absolute Gasteiger partial charge is 0.231 e. The fourth-order valence-electron chi connectivity index (χ4n) is 1.46. The molecule has 0 amide bonds. The molecule has 2 rings (SSSR count). The molecular formula is C12H12N2O2. The monoisotopic (exact) mass is 216 g/mol. The van der Waals surface area contributed by atoms with Crippen molar-refractivity contribution < 1.29 is 10.0 Å². The number of benzene rings is 1. The van der Waals surface area contributed by atoms with Crippen LogP contribution in [-0.4, -0.2) is 20.7 Å². The highest BCUT2D eigenvalue weighted by molar-refractivity contribution is 6.06. The lowest BCUT2D eigenvalue weighted by Gasteiger charge is -2.00. The zero-order chi connectivity index (χ0) is 11.7. The molecule has 0 atom stereocenters. The third-order valence-electron chi connectivity index (χ3n) is 2.55. The Kier molecular flexibility index (Phi) is 2.48. The van der Waals surface area contributed by atoms with Gasteiger partial charge in [-0.3, -0.25) is 4.79 Å². The first-order valence-corrected chi connectivity index (χ1v) is 4.96. The molecule has 4 heteroatoms. The van der Waals surface area contributed by atoms with Gasteiger partial charge >= 0.3 is 0 Å². The van der Waals surface area contributed by atoms with Crippen LogP contribution in [0, 0.1) is 13.8 Å². The zero-order valence-corrected chi connectivity index (χ0v) is 9.14. The van der Waals surface area contributed by atoms with Crippen molar-refractivity contribution in [2.24, 2.45) is 0 Å². The molecule has 16 heavy (non-hydrogen) atoms. The highest BCUT2D eigenvalue weighted by atomic mass is 16.5. The molecule has 0 spiro atoms. The Morgan fingerprint density at radius 1 is 1.25 bits per heavy atom. The number of imidazole rings is 1. The van der Waals surface area contributed by atoms with Gasteiger partial charge in [-0.15, -0.1) is 0 Å². The maximum atomic E-state index is 12.0. The maximum absolute atomic E-state index is 12.0. The minimum atomic E-state index is -0.278. The molecule has 1 aromatic carbocycles. The first kappa shape index (κ1) is 10.4. The van der Waals surface area contributed by atoms with Crippen molar-refractivity contribution in [3.8, 4) is 0 Å². The van der Waals surface area contributed by atoms with Crippen LogP contribution >= 0.6 is 0 Å². The number of hydrogen-bond donors (Lipinski definition) is 1. The summed E-state index contributed by atoms with van der Waals surface area (Å²) < 4.78 is 0.838. The number of carbonyl (C=O) groups excluding carboxylic acids is 1. The van der Waals surface area contributed by atoms with E-state index in [1.165, 1.54) is 0 Å². The largest absolute Gasteiger partial charge is 0.426 e. The molecule has 0 aliphatic rings. The van der Waals surface area contributed by atoms with E-state index in [1.54, 1.807) is 38.1 Å². The number of aromatic nitrogens is 2. The van der Waals surface area contributed by atoms with E-state index >= 15 is 0 Å². The SMILES string of the molecule is Cc1nc(C(=O)c2ccccc2)n(O)c1C. The molecule has 0 unspecified atom stereocenters. The average molecular weight is 216 g/mol. The molecule has 0 aliphatic heterocycles. The van der Waals surface area contributed by atoms with Crippen molar-refractivity contribution in [3.05, 3.63) is 53.1 Å². The fraction of sp³-hybridized carbons (Fsp3) is 0.167. The second-order valence-corrected chi connectivity index (χ2v) is 3.61. The van der Waals surface area contributed by atoms with Crippen LogP contribution in [0.5, 0.6) is 0 Å². The van der Waals surface area contributed by atoms with Crippen LogP contribution in [-0.2, 0) is 0 Å². The molecule has 1 heterocycles. The van der Waals surface area contributed by atoms with E-state index < -0.39 is 0 Å². The van der Waals surface area contributed by atoms with E-state index in [2.05, 4.69) is 4.98 Å². The standard InChI is InChI=1S/C12H12N2O2/c1-8-9(2)14(16)12(13-8)11(15)10-6-4-3-5-7-10/h3-7,16H,1-2H3. The third-order valence-corrected chi connectivity index (χ3v) is 2.55. The lowest BCUT2D eigenvalue weighted by molar-refractivity contribution is 0.0972. The quantitative estimate of drug-likeness (QED) is 0.616. The molecule has 82 valence electrons. The summed E-state index contributed by atoms with van der Waals surface area (Å²) in [5.41, 5.74) is 1.75. The molecular weight excluding hydrogens is 204 g/mol. The predicted octanol–water partition coefficient (Wildman–Crippen LogP) is 1.97. The van der Waals surface area contributed by atoms with Gasteiger partial charge in [0.15, 0.2) is 0 Å². The van der Waals surface area contributed by atoms with E-state index in [1.807, 2.05) is 6.07 Å². The number of ketones is 1. The zero-order valence-electron chi connectivity index (χ0n) is 9.14. The van der Waals surface area contributed by atoms with Gasteiger partial charge < -0.3 is 5.21 Å². The van der Waals surface area contributed by atoms with Crippen LogP contribution in [0.25, 0.3) is 0 Å². The Morgan fingerprint density at radius 2 is 1.88 bits per heavy atom. The van der Waals surface area contributed by atoms with E-state index in [-0.39, 0.29) is 11.6 Å². The second-order valence-electron chi connectivity index (χ2n) is 3.61. The van der Waals surface area contributed by atoms with Crippen molar-refractivity contribution in [3.63, 3.8) is 0 Å². The third kappa shape index (κ3) is 1.58. The lowest BCUT2D eigenvalue weighted by atomic mass is 10.1. The Balaban J connectivity index is 2.46. The summed E-state index contributed by atoms with van der Waals surface area (Å²) in [6, 6.07) is 8.78. The van der Waals surface area contributed by atoms with E-state index in [0.29, 0.717) is 17.0 Å². The maximum Gasteiger partial charge on any atom is 0.231 e. The molecule has 1 aromatic heterocycles. The van der Waals surface area contributed by atoms with Gasteiger partial charge in [0.25, 0.3) is 0 Å². The Morgan fingerprint density at radius 3 is 2.38 bits per heavy atom. The number of aryl methyl sites for hydroxylation is 1. The van der Waals surface area contributed by atoms with Gasteiger partial charge in [0.1, 0.15) is 0 Å². The molecule has 0 bridgehead atoms. The van der Waals surface area contributed by atoms with Gasteiger partial charge in [0, 0.05) is 5.56 Å². The van der Waals surface area contributed by atoms with Gasteiger partial charge in [0.2, 0.25) is 11.6 Å². The average Bonchev–Trinajstić information content (AvgIpc) is 2.57. The van der Waals surface area contributed by atoms with Crippen LogP contribution < -0.4 is 0 Å². The van der Waals surface area contributed by atoms with E-state index in [4.69, 9.17) is 0 Å². The van der Waals surface area contributed by atoms with Gasteiger partial charge in [0.05, 0.1) is 11.4 Å². The molecule has 0 fully saturated rings. The van der Waals surface area contributed by atoms with Crippen LogP contribution in [0.15, 0.2) is 30.3 Å². The predicted molar refractivity (Wildman–Crippen MR) is 58.8 cm³/mol. The van der Waals surface area contributed by atoms with Gasteiger partial charge in [-0.2, -0.15) is 4.73 Å². The Bertz CT molecular complexity index is 529. The van der Waals surface area contributed by atoms with E-state index in [9.17, 15) is 10.0 Å². The van der Waals surface area contributed by atoms with Crippen LogP contribution in [0.1, 0.15) is 27.6 Å². The highest BCUT2D eigenvalue weighted by Gasteiger charge is 2.18. The van der Waals surface area contributed by atoms with Crippen molar-refractivity contribution in [2.45, 2.75) is 13.8 Å². The normalized spacial score (nSPS) is 10.4. The number of carbonyl (C=O) groups is 1. The molecule has 0 saturated heterocycles. The molecule has 2 aromatic rings. The number of rotatable bonds is 2. The van der Waals surface area contributed by atoms with Gasteiger partial charge in [-0.25, -0.2) is 4.98 Å². The summed E-state index contributed by atoms with van der Waals surface area (Å²) in [5, 5.41) is 9.68. The summed E-state index contributed by atoms with van der Waals surface area (Å²) in [7, 11) is 0. The number of nitrogens with zero attached hydrogens (tertiary/aromatic N) is 2. The minimum absolute atomic E-state index is 0.0567. The second kappa shape index (κ2) is 3.81. The summed E-state index contributed by atoms with van der Waals surface area (Å²) in [4.78, 5) is 16.0. The first-order valence-electron chi connectivity index (χ1n) is 4.96. The lowest BCUT2D eigenvalue weighted by Crippen LogP contribution is -2.10. The summed E-state index contributed by atoms with van der Waals surface area (Å²) in [6.07, 6.45) is 0. The van der Waals surface area contributed by atoms with Gasteiger partial charge in [-0.05, 0) is 13.8 Å². The van der Waals surface area contributed by atoms with Crippen LogP contribution in [0.3, 0.4) is 0 Å². The van der Waals surface area contributed by atoms with Gasteiger partial charge in [-0.1, -0.05) is 30.3 Å². The van der Waals surface area contributed by atoms with Crippen LogP contribution in [0.2, 0.25) is 0 Å². The van der Waals surface area contributed by atoms with Crippen molar-refractivity contribution in [2.75, 3.05) is 0 Å². The van der Waals surface area contributed by atoms with Crippen molar-refractivity contribution in [1.82, 2.24) is 9.71 Å². The Labute approximate surface area is 93.1 Å². The molecule has 1 N–H and O–H groups in total. The molecule has 0 saturated carbocycles.